The number of fused-ring (bicyclic) bond motifs is 1. The Labute approximate surface area is 165 Å². The summed E-state index contributed by atoms with van der Waals surface area (Å²) in [6.45, 7) is 7.76. The normalized spacial score (nSPS) is 17.4. The smallest absolute Gasteiger partial charge is 0.262 e. The Hall–Kier alpha value is -2.45. The highest BCUT2D eigenvalue weighted by Crippen LogP contribution is 2.34. The first-order valence-corrected chi connectivity index (χ1v) is 11.0. The molecule has 0 unspecified atom stereocenters. The van der Waals surface area contributed by atoms with Crippen LogP contribution in [0.1, 0.15) is 6.92 Å². The lowest BCUT2D eigenvalue weighted by atomic mass is 10.2. The summed E-state index contributed by atoms with van der Waals surface area (Å²) in [5.74, 6) is 1.03. The van der Waals surface area contributed by atoms with Crippen molar-refractivity contribution in [3.05, 3.63) is 42.5 Å². The number of piperazine rings is 1. The van der Waals surface area contributed by atoms with Crippen molar-refractivity contribution < 1.29 is 17.9 Å². The number of likely N-dealkylation sites (N-methyl/N-ethyl adjacent to an activating group) is 1. The highest BCUT2D eigenvalue weighted by atomic mass is 32.2. The first kappa shape index (κ1) is 18.9. The van der Waals surface area contributed by atoms with Gasteiger partial charge in [-0.05, 0) is 30.8 Å². The first-order valence-electron chi connectivity index (χ1n) is 9.55. The summed E-state index contributed by atoms with van der Waals surface area (Å²) >= 11 is 0. The van der Waals surface area contributed by atoms with Gasteiger partial charge in [0.25, 0.3) is 10.0 Å². The van der Waals surface area contributed by atoms with Crippen LogP contribution in [0.3, 0.4) is 0 Å². The van der Waals surface area contributed by atoms with Crippen LogP contribution in [-0.2, 0) is 10.0 Å². The number of anilines is 2. The Kier molecular flexibility index (Phi) is 5.32. The second-order valence-corrected chi connectivity index (χ2v) is 8.53. The number of rotatable bonds is 5. The highest BCUT2D eigenvalue weighted by Gasteiger charge is 2.23. The number of para-hydroxylation sites is 2. The third-order valence-corrected chi connectivity index (χ3v) is 6.50. The molecule has 1 fully saturated rings. The monoisotopic (exact) mass is 403 g/mol. The van der Waals surface area contributed by atoms with E-state index in [-0.39, 0.29) is 4.90 Å². The molecule has 0 spiro atoms. The van der Waals surface area contributed by atoms with Gasteiger partial charge in [-0.2, -0.15) is 0 Å². The Morgan fingerprint density at radius 2 is 1.68 bits per heavy atom. The molecule has 1 N–H and O–H groups in total. The quantitative estimate of drug-likeness (QED) is 0.827. The minimum atomic E-state index is -3.75. The molecule has 7 nitrogen and oxygen atoms in total. The lowest BCUT2D eigenvalue weighted by Crippen LogP contribution is -2.46. The molecule has 0 aliphatic carbocycles. The molecule has 2 aliphatic heterocycles. The lowest BCUT2D eigenvalue weighted by Gasteiger charge is -2.36. The van der Waals surface area contributed by atoms with Crippen LogP contribution in [0.15, 0.2) is 47.4 Å². The van der Waals surface area contributed by atoms with E-state index in [0.29, 0.717) is 30.4 Å². The molecule has 2 aliphatic rings. The summed E-state index contributed by atoms with van der Waals surface area (Å²) < 4.78 is 39.7. The molecule has 28 heavy (non-hydrogen) atoms. The van der Waals surface area contributed by atoms with Gasteiger partial charge in [-0.25, -0.2) is 8.42 Å². The Morgan fingerprint density at radius 3 is 2.43 bits per heavy atom. The zero-order valence-corrected chi connectivity index (χ0v) is 16.7. The summed E-state index contributed by atoms with van der Waals surface area (Å²) in [4.78, 5) is 4.77. The molecule has 0 aromatic heterocycles. The number of ether oxygens (including phenoxy) is 2. The van der Waals surface area contributed by atoms with Crippen molar-refractivity contribution in [3.63, 3.8) is 0 Å². The summed E-state index contributed by atoms with van der Waals surface area (Å²) in [5, 5.41) is 0. The molecule has 0 saturated carbocycles. The maximum absolute atomic E-state index is 13.0. The van der Waals surface area contributed by atoms with Gasteiger partial charge in [-0.1, -0.05) is 19.1 Å². The Morgan fingerprint density at radius 1 is 0.964 bits per heavy atom. The highest BCUT2D eigenvalue weighted by molar-refractivity contribution is 7.92. The van der Waals surface area contributed by atoms with Gasteiger partial charge in [0.2, 0.25) is 0 Å². The van der Waals surface area contributed by atoms with Crippen molar-refractivity contribution in [2.45, 2.75) is 11.8 Å². The van der Waals surface area contributed by atoms with E-state index < -0.39 is 10.0 Å². The Balaban J connectivity index is 1.57. The largest absolute Gasteiger partial charge is 0.486 e. The summed E-state index contributed by atoms with van der Waals surface area (Å²) in [5.41, 5.74) is 1.49. The standard InChI is InChI=1S/C20H25N3O4S/c1-2-22-9-11-23(12-10-22)18-6-4-3-5-17(18)21-28(24,25)16-7-8-19-20(15-16)27-14-13-26-19/h3-8,15,21H,2,9-14H2,1H3. The van der Waals surface area contributed by atoms with Crippen LogP contribution in [-0.4, -0.2) is 59.3 Å². The van der Waals surface area contributed by atoms with Crippen molar-refractivity contribution in [2.24, 2.45) is 0 Å². The van der Waals surface area contributed by atoms with Gasteiger partial charge >= 0.3 is 0 Å². The van der Waals surface area contributed by atoms with E-state index in [1.54, 1.807) is 18.2 Å². The van der Waals surface area contributed by atoms with Crippen LogP contribution in [0, 0.1) is 0 Å². The van der Waals surface area contributed by atoms with E-state index >= 15 is 0 Å². The van der Waals surface area contributed by atoms with E-state index in [0.717, 1.165) is 38.4 Å². The molecule has 0 amide bonds. The van der Waals surface area contributed by atoms with Gasteiger partial charge in [0.15, 0.2) is 11.5 Å². The average molecular weight is 404 g/mol. The maximum atomic E-state index is 13.0. The van der Waals surface area contributed by atoms with Crippen molar-refractivity contribution in [1.29, 1.82) is 0 Å². The second-order valence-electron chi connectivity index (χ2n) is 6.85. The van der Waals surface area contributed by atoms with Gasteiger partial charge in [0, 0.05) is 32.2 Å². The predicted molar refractivity (Wildman–Crippen MR) is 109 cm³/mol. The van der Waals surface area contributed by atoms with Gasteiger partial charge in [0.1, 0.15) is 13.2 Å². The lowest BCUT2D eigenvalue weighted by molar-refractivity contribution is 0.171. The molecular weight excluding hydrogens is 378 g/mol. The van der Waals surface area contributed by atoms with Gasteiger partial charge < -0.3 is 19.3 Å². The number of nitrogens with zero attached hydrogens (tertiary/aromatic N) is 2. The fourth-order valence-corrected chi connectivity index (χ4v) is 4.62. The van der Waals surface area contributed by atoms with E-state index in [1.165, 1.54) is 6.07 Å². The Bertz CT molecular complexity index is 940. The molecule has 0 atom stereocenters. The summed E-state index contributed by atoms with van der Waals surface area (Å²) in [6, 6.07) is 12.2. The third kappa shape index (κ3) is 3.88. The van der Waals surface area contributed by atoms with Crippen molar-refractivity contribution in [2.75, 3.05) is 55.6 Å². The molecule has 0 bridgehead atoms. The third-order valence-electron chi connectivity index (χ3n) is 5.13. The molecule has 2 aromatic carbocycles. The SMILES string of the molecule is CCN1CCN(c2ccccc2NS(=O)(=O)c2ccc3c(c2)OCCO3)CC1. The summed E-state index contributed by atoms with van der Waals surface area (Å²) in [7, 11) is -3.75. The molecule has 8 heteroatoms. The maximum Gasteiger partial charge on any atom is 0.262 e. The van der Waals surface area contributed by atoms with E-state index in [1.807, 2.05) is 18.2 Å². The fourth-order valence-electron chi connectivity index (χ4n) is 3.54. The van der Waals surface area contributed by atoms with E-state index in [4.69, 9.17) is 9.47 Å². The number of sulfonamides is 1. The molecule has 4 rings (SSSR count). The topological polar surface area (TPSA) is 71.1 Å². The van der Waals surface area contributed by atoms with Gasteiger partial charge in [-0.3, -0.25) is 4.72 Å². The second kappa shape index (κ2) is 7.89. The summed E-state index contributed by atoms with van der Waals surface area (Å²) in [6.07, 6.45) is 0. The van der Waals surface area contributed by atoms with Crippen molar-refractivity contribution >= 4 is 21.4 Å². The molecule has 2 aromatic rings. The molecular formula is C20H25N3O4S. The van der Waals surface area contributed by atoms with Crippen LogP contribution < -0.4 is 19.1 Å². The number of nitrogens with one attached hydrogen (secondary N) is 1. The minimum Gasteiger partial charge on any atom is -0.486 e. The number of benzene rings is 2. The molecule has 2 heterocycles. The fraction of sp³-hybridized carbons (Fsp3) is 0.400. The van der Waals surface area contributed by atoms with Crippen LogP contribution in [0.25, 0.3) is 0 Å². The van der Waals surface area contributed by atoms with Crippen molar-refractivity contribution in [1.82, 2.24) is 4.90 Å². The number of hydrogen-bond donors (Lipinski definition) is 1. The average Bonchev–Trinajstić information content (AvgIpc) is 2.73. The van der Waals surface area contributed by atoms with Crippen LogP contribution >= 0.6 is 0 Å². The molecule has 0 radical (unpaired) electrons. The minimum absolute atomic E-state index is 0.155. The number of hydrogen-bond acceptors (Lipinski definition) is 6. The van der Waals surface area contributed by atoms with E-state index in [9.17, 15) is 8.42 Å². The molecule has 1 saturated heterocycles. The van der Waals surface area contributed by atoms with Crippen molar-refractivity contribution in [3.8, 4) is 11.5 Å². The zero-order chi connectivity index (χ0) is 19.6. The van der Waals surface area contributed by atoms with Crippen LogP contribution in [0.4, 0.5) is 11.4 Å². The van der Waals surface area contributed by atoms with Crippen LogP contribution in [0.2, 0.25) is 0 Å². The molecule has 150 valence electrons. The van der Waals surface area contributed by atoms with E-state index in [2.05, 4.69) is 21.4 Å². The predicted octanol–water partition coefficient (Wildman–Crippen LogP) is 2.40. The van der Waals surface area contributed by atoms with Gasteiger partial charge in [0.05, 0.1) is 16.3 Å². The van der Waals surface area contributed by atoms with Crippen LogP contribution in [0.5, 0.6) is 11.5 Å². The zero-order valence-electron chi connectivity index (χ0n) is 15.9. The van der Waals surface area contributed by atoms with Gasteiger partial charge in [-0.15, -0.1) is 0 Å². The first-order chi connectivity index (χ1) is 13.6.